The van der Waals surface area contributed by atoms with Gasteiger partial charge in [-0.05, 0) is 25.0 Å². The number of hydrogen-bond acceptors (Lipinski definition) is 4. The largest absolute Gasteiger partial charge is 0.341 e. The van der Waals surface area contributed by atoms with Gasteiger partial charge in [0.2, 0.25) is 17.7 Å². The lowest BCUT2D eigenvalue weighted by molar-refractivity contribution is -0.134. The van der Waals surface area contributed by atoms with E-state index in [2.05, 4.69) is 5.32 Å². The van der Waals surface area contributed by atoms with Crippen molar-refractivity contribution >= 4 is 29.1 Å². The van der Waals surface area contributed by atoms with Crippen molar-refractivity contribution in [1.82, 2.24) is 4.90 Å². The average Bonchev–Trinajstić information content (AvgIpc) is 2.58. The van der Waals surface area contributed by atoms with E-state index in [-0.39, 0.29) is 43.1 Å². The SMILES string of the molecule is NC1CCCN(C(=O)CCC(=O)N2CC(=O)Nc3ccccc32)C1. The van der Waals surface area contributed by atoms with Crippen LogP contribution < -0.4 is 16.0 Å². The second-order valence-electron chi connectivity index (χ2n) is 6.29. The highest BCUT2D eigenvalue weighted by Gasteiger charge is 2.28. The first-order valence-corrected chi connectivity index (χ1v) is 8.27. The van der Waals surface area contributed by atoms with Gasteiger partial charge in [0.1, 0.15) is 6.54 Å². The Bertz CT molecular complexity index is 661. The molecule has 2 aliphatic heterocycles. The minimum absolute atomic E-state index is 0.0153. The van der Waals surface area contributed by atoms with Crippen LogP contribution >= 0.6 is 0 Å². The lowest BCUT2D eigenvalue weighted by Crippen LogP contribution is -2.46. The van der Waals surface area contributed by atoms with Gasteiger partial charge in [0.25, 0.3) is 0 Å². The van der Waals surface area contributed by atoms with Crippen molar-refractivity contribution in [3.63, 3.8) is 0 Å². The zero-order chi connectivity index (χ0) is 17.1. The molecule has 1 unspecified atom stereocenters. The number of benzene rings is 1. The molecule has 7 nitrogen and oxygen atoms in total. The van der Waals surface area contributed by atoms with Crippen molar-refractivity contribution in [1.29, 1.82) is 0 Å². The molecule has 0 radical (unpaired) electrons. The number of fused-ring (bicyclic) bond motifs is 1. The Morgan fingerprint density at radius 2 is 1.96 bits per heavy atom. The summed E-state index contributed by atoms with van der Waals surface area (Å²) in [6.07, 6.45) is 2.07. The van der Waals surface area contributed by atoms with Crippen molar-refractivity contribution < 1.29 is 14.4 Å². The molecule has 2 aliphatic rings. The Balaban J connectivity index is 1.61. The Kier molecular flexibility index (Phi) is 4.80. The molecule has 3 amide bonds. The fourth-order valence-corrected chi connectivity index (χ4v) is 3.20. The second kappa shape index (κ2) is 7.00. The summed E-state index contributed by atoms with van der Waals surface area (Å²) < 4.78 is 0. The second-order valence-corrected chi connectivity index (χ2v) is 6.29. The maximum Gasteiger partial charge on any atom is 0.244 e. The molecule has 24 heavy (non-hydrogen) atoms. The molecule has 1 aromatic carbocycles. The van der Waals surface area contributed by atoms with E-state index in [1.807, 2.05) is 6.07 Å². The number of carbonyl (C=O) groups excluding carboxylic acids is 3. The monoisotopic (exact) mass is 330 g/mol. The number of hydrogen-bond donors (Lipinski definition) is 2. The van der Waals surface area contributed by atoms with Crippen molar-refractivity contribution in [2.45, 2.75) is 31.7 Å². The van der Waals surface area contributed by atoms with Gasteiger partial charge >= 0.3 is 0 Å². The molecular weight excluding hydrogens is 308 g/mol. The number of nitrogens with two attached hydrogens (primary N) is 1. The number of nitrogens with zero attached hydrogens (tertiary/aromatic N) is 2. The highest BCUT2D eigenvalue weighted by molar-refractivity contribution is 6.10. The maximum atomic E-state index is 12.5. The molecule has 1 aromatic rings. The summed E-state index contributed by atoms with van der Waals surface area (Å²) >= 11 is 0. The molecule has 2 heterocycles. The summed E-state index contributed by atoms with van der Waals surface area (Å²) in [5.74, 6) is -0.490. The van der Waals surface area contributed by atoms with Crippen LogP contribution in [-0.4, -0.2) is 48.3 Å². The van der Waals surface area contributed by atoms with E-state index in [4.69, 9.17) is 5.73 Å². The van der Waals surface area contributed by atoms with Gasteiger partial charge < -0.3 is 20.9 Å². The number of amides is 3. The van der Waals surface area contributed by atoms with Crippen molar-refractivity contribution in [2.75, 3.05) is 29.9 Å². The van der Waals surface area contributed by atoms with Gasteiger partial charge in [-0.3, -0.25) is 14.4 Å². The van der Waals surface area contributed by atoms with E-state index >= 15 is 0 Å². The number of rotatable bonds is 3. The van der Waals surface area contributed by atoms with Gasteiger partial charge in [-0.25, -0.2) is 0 Å². The molecule has 1 atom stereocenters. The van der Waals surface area contributed by atoms with Crippen LogP contribution in [0.5, 0.6) is 0 Å². The van der Waals surface area contributed by atoms with Gasteiger partial charge in [0.15, 0.2) is 0 Å². The van der Waals surface area contributed by atoms with Crippen LogP contribution in [0.15, 0.2) is 24.3 Å². The summed E-state index contributed by atoms with van der Waals surface area (Å²) in [7, 11) is 0. The molecule has 128 valence electrons. The summed E-state index contributed by atoms with van der Waals surface area (Å²) in [5, 5.41) is 2.74. The molecule has 7 heteroatoms. The van der Waals surface area contributed by atoms with Gasteiger partial charge in [0, 0.05) is 32.0 Å². The zero-order valence-electron chi connectivity index (χ0n) is 13.5. The number of likely N-dealkylation sites (tertiary alicyclic amines) is 1. The summed E-state index contributed by atoms with van der Waals surface area (Å²) in [5.41, 5.74) is 7.19. The van der Waals surface area contributed by atoms with Crippen LogP contribution in [0.4, 0.5) is 11.4 Å². The number of carbonyl (C=O) groups is 3. The van der Waals surface area contributed by atoms with Crippen LogP contribution in [0.25, 0.3) is 0 Å². The number of nitrogens with one attached hydrogen (secondary N) is 1. The highest BCUT2D eigenvalue weighted by atomic mass is 16.2. The third-order valence-electron chi connectivity index (χ3n) is 4.43. The molecule has 0 bridgehead atoms. The van der Waals surface area contributed by atoms with Crippen molar-refractivity contribution in [2.24, 2.45) is 5.73 Å². The smallest absolute Gasteiger partial charge is 0.244 e. The maximum absolute atomic E-state index is 12.5. The van der Waals surface area contributed by atoms with Gasteiger partial charge in [-0.2, -0.15) is 0 Å². The molecule has 3 rings (SSSR count). The van der Waals surface area contributed by atoms with E-state index in [0.29, 0.717) is 24.5 Å². The van der Waals surface area contributed by atoms with E-state index in [1.165, 1.54) is 4.90 Å². The van der Waals surface area contributed by atoms with Gasteiger partial charge in [-0.1, -0.05) is 12.1 Å². The van der Waals surface area contributed by atoms with Gasteiger partial charge in [0.05, 0.1) is 11.4 Å². The summed E-state index contributed by atoms with van der Waals surface area (Å²) in [6, 6.07) is 7.19. The topological polar surface area (TPSA) is 95.7 Å². The Hall–Kier alpha value is -2.41. The number of piperidine rings is 1. The van der Waals surface area contributed by atoms with E-state index < -0.39 is 0 Å². The average molecular weight is 330 g/mol. The quantitative estimate of drug-likeness (QED) is 0.853. The lowest BCUT2D eigenvalue weighted by Gasteiger charge is -2.31. The Morgan fingerprint density at radius 1 is 1.21 bits per heavy atom. The van der Waals surface area contributed by atoms with Crippen molar-refractivity contribution in [3.05, 3.63) is 24.3 Å². The third kappa shape index (κ3) is 3.56. The lowest BCUT2D eigenvalue weighted by atomic mass is 10.1. The zero-order valence-corrected chi connectivity index (χ0v) is 13.5. The van der Waals surface area contributed by atoms with Crippen LogP contribution in [0, 0.1) is 0 Å². The molecule has 0 aliphatic carbocycles. The van der Waals surface area contributed by atoms with Crippen LogP contribution in [0.2, 0.25) is 0 Å². The molecule has 0 aromatic heterocycles. The minimum atomic E-state index is -0.226. The van der Waals surface area contributed by atoms with Crippen LogP contribution in [0.1, 0.15) is 25.7 Å². The first-order chi connectivity index (χ1) is 11.5. The Labute approximate surface area is 140 Å². The fourth-order valence-electron chi connectivity index (χ4n) is 3.20. The summed E-state index contributed by atoms with van der Waals surface area (Å²) in [6.45, 7) is 1.25. The summed E-state index contributed by atoms with van der Waals surface area (Å²) in [4.78, 5) is 39.7. The molecule has 3 N–H and O–H groups in total. The standard InChI is InChI=1S/C17H22N4O3/c18-12-4-3-9-20(10-12)16(23)7-8-17(24)21-11-15(22)19-13-5-1-2-6-14(13)21/h1-2,5-6,12H,3-4,7-11,18H2,(H,19,22). The van der Waals surface area contributed by atoms with E-state index in [0.717, 1.165) is 12.8 Å². The number of para-hydroxylation sites is 2. The number of anilines is 2. The molecule has 0 saturated carbocycles. The van der Waals surface area contributed by atoms with Crippen LogP contribution in [0.3, 0.4) is 0 Å². The predicted octanol–water partition coefficient (Wildman–Crippen LogP) is 0.702. The van der Waals surface area contributed by atoms with Crippen molar-refractivity contribution in [3.8, 4) is 0 Å². The highest BCUT2D eigenvalue weighted by Crippen LogP contribution is 2.29. The molecule has 0 spiro atoms. The van der Waals surface area contributed by atoms with Gasteiger partial charge in [-0.15, -0.1) is 0 Å². The predicted molar refractivity (Wildman–Crippen MR) is 90.4 cm³/mol. The molecular formula is C17H22N4O3. The first kappa shape index (κ1) is 16.4. The molecule has 1 fully saturated rings. The minimum Gasteiger partial charge on any atom is -0.341 e. The fraction of sp³-hybridized carbons (Fsp3) is 0.471. The Morgan fingerprint density at radius 3 is 2.75 bits per heavy atom. The van der Waals surface area contributed by atoms with E-state index in [1.54, 1.807) is 23.1 Å². The first-order valence-electron chi connectivity index (χ1n) is 8.27. The van der Waals surface area contributed by atoms with E-state index in [9.17, 15) is 14.4 Å². The normalized spacial score (nSPS) is 20.4. The molecule has 1 saturated heterocycles. The third-order valence-corrected chi connectivity index (χ3v) is 4.43. The van der Waals surface area contributed by atoms with Crippen LogP contribution in [-0.2, 0) is 14.4 Å².